The van der Waals surface area contributed by atoms with Crippen molar-refractivity contribution in [1.82, 2.24) is 5.32 Å². The predicted octanol–water partition coefficient (Wildman–Crippen LogP) is 4.39. The van der Waals surface area contributed by atoms with E-state index in [1.165, 1.54) is 20.9 Å². The highest BCUT2D eigenvalue weighted by atomic mass is 32.1. The standard InChI is InChI=1S/C15H19NS/c1-4-16-12(3)14-9-10-15(17-14)13-7-5-11(2)6-8-13/h5-10,12,16H,4H2,1-3H3. The summed E-state index contributed by atoms with van der Waals surface area (Å²) in [4.78, 5) is 2.76. The Labute approximate surface area is 108 Å². The minimum atomic E-state index is 0.448. The normalized spacial score (nSPS) is 12.6. The maximum atomic E-state index is 3.45. The molecule has 2 rings (SSSR count). The zero-order chi connectivity index (χ0) is 12.3. The molecule has 90 valence electrons. The number of aryl methyl sites for hydroxylation is 1. The molecule has 0 aliphatic heterocycles. The molecule has 2 aromatic rings. The van der Waals surface area contributed by atoms with Gasteiger partial charge in [-0.1, -0.05) is 36.8 Å². The zero-order valence-corrected chi connectivity index (χ0v) is 11.5. The zero-order valence-electron chi connectivity index (χ0n) is 10.7. The van der Waals surface area contributed by atoms with Gasteiger partial charge < -0.3 is 5.32 Å². The number of thiophene rings is 1. The third kappa shape index (κ3) is 2.96. The van der Waals surface area contributed by atoms with Crippen LogP contribution in [0.4, 0.5) is 0 Å². The van der Waals surface area contributed by atoms with E-state index in [9.17, 15) is 0 Å². The summed E-state index contributed by atoms with van der Waals surface area (Å²) in [7, 11) is 0. The maximum Gasteiger partial charge on any atom is 0.0386 e. The predicted molar refractivity (Wildman–Crippen MR) is 76.6 cm³/mol. The van der Waals surface area contributed by atoms with Crippen LogP contribution in [0.25, 0.3) is 10.4 Å². The van der Waals surface area contributed by atoms with Crippen molar-refractivity contribution in [3.8, 4) is 10.4 Å². The molecule has 1 N–H and O–H groups in total. The second-order valence-corrected chi connectivity index (χ2v) is 5.46. The highest BCUT2D eigenvalue weighted by Gasteiger charge is 2.08. The molecule has 0 saturated carbocycles. The molecule has 0 saturated heterocycles. The van der Waals surface area contributed by atoms with E-state index >= 15 is 0 Å². The first kappa shape index (κ1) is 12.3. The summed E-state index contributed by atoms with van der Waals surface area (Å²) in [6.45, 7) is 7.50. The maximum absolute atomic E-state index is 3.45. The molecular weight excluding hydrogens is 226 g/mol. The van der Waals surface area contributed by atoms with Gasteiger partial charge in [0.2, 0.25) is 0 Å². The summed E-state index contributed by atoms with van der Waals surface area (Å²) >= 11 is 1.88. The number of benzene rings is 1. The van der Waals surface area contributed by atoms with Crippen LogP contribution in [0, 0.1) is 6.92 Å². The molecule has 1 aromatic heterocycles. The van der Waals surface area contributed by atoms with Gasteiger partial charge in [-0.05, 0) is 38.1 Å². The number of hydrogen-bond donors (Lipinski definition) is 1. The van der Waals surface area contributed by atoms with E-state index in [0.717, 1.165) is 6.54 Å². The second-order valence-electron chi connectivity index (χ2n) is 4.35. The first-order valence-corrected chi connectivity index (χ1v) is 6.92. The summed E-state index contributed by atoms with van der Waals surface area (Å²) in [5.41, 5.74) is 2.63. The van der Waals surface area contributed by atoms with Crippen LogP contribution in [0.15, 0.2) is 36.4 Å². The Morgan fingerprint density at radius 2 is 1.82 bits per heavy atom. The molecule has 17 heavy (non-hydrogen) atoms. The van der Waals surface area contributed by atoms with Gasteiger partial charge in [-0.15, -0.1) is 11.3 Å². The van der Waals surface area contributed by atoms with Gasteiger partial charge in [0.25, 0.3) is 0 Å². The van der Waals surface area contributed by atoms with E-state index in [2.05, 4.69) is 62.5 Å². The van der Waals surface area contributed by atoms with Crippen molar-refractivity contribution in [3.63, 3.8) is 0 Å². The van der Waals surface area contributed by atoms with Crippen LogP contribution in [-0.4, -0.2) is 6.54 Å². The van der Waals surface area contributed by atoms with E-state index in [4.69, 9.17) is 0 Å². The van der Waals surface area contributed by atoms with Crippen molar-refractivity contribution >= 4 is 11.3 Å². The summed E-state index contributed by atoms with van der Waals surface area (Å²) in [5.74, 6) is 0. The van der Waals surface area contributed by atoms with E-state index in [0.29, 0.717) is 6.04 Å². The molecule has 2 heteroatoms. The van der Waals surface area contributed by atoms with E-state index < -0.39 is 0 Å². The minimum Gasteiger partial charge on any atom is -0.310 e. The Kier molecular flexibility index (Phi) is 3.97. The average molecular weight is 245 g/mol. The van der Waals surface area contributed by atoms with Crippen LogP contribution >= 0.6 is 11.3 Å². The molecule has 1 atom stereocenters. The van der Waals surface area contributed by atoms with Crippen molar-refractivity contribution in [1.29, 1.82) is 0 Å². The Bertz CT molecular complexity index is 470. The smallest absolute Gasteiger partial charge is 0.0386 e. The fourth-order valence-electron chi connectivity index (χ4n) is 1.87. The van der Waals surface area contributed by atoms with Crippen LogP contribution < -0.4 is 5.32 Å². The second kappa shape index (κ2) is 5.48. The third-order valence-corrected chi connectivity index (χ3v) is 4.22. The van der Waals surface area contributed by atoms with Gasteiger partial charge in [0, 0.05) is 15.8 Å². The lowest BCUT2D eigenvalue weighted by Crippen LogP contribution is -2.16. The van der Waals surface area contributed by atoms with Gasteiger partial charge in [0.1, 0.15) is 0 Å². The first-order valence-electron chi connectivity index (χ1n) is 6.11. The van der Waals surface area contributed by atoms with Crippen LogP contribution in [0.5, 0.6) is 0 Å². The molecular formula is C15H19NS. The summed E-state index contributed by atoms with van der Waals surface area (Å²) in [6, 6.07) is 13.6. The molecule has 0 fully saturated rings. The Balaban J connectivity index is 2.20. The molecule has 0 aliphatic carbocycles. The fourth-order valence-corrected chi connectivity index (χ4v) is 2.91. The average Bonchev–Trinajstić information content (AvgIpc) is 2.80. The number of hydrogen-bond acceptors (Lipinski definition) is 2. The highest BCUT2D eigenvalue weighted by Crippen LogP contribution is 2.31. The van der Waals surface area contributed by atoms with Crippen LogP contribution in [-0.2, 0) is 0 Å². The van der Waals surface area contributed by atoms with Gasteiger partial charge >= 0.3 is 0 Å². The topological polar surface area (TPSA) is 12.0 Å². The Morgan fingerprint density at radius 3 is 2.47 bits per heavy atom. The molecule has 1 unspecified atom stereocenters. The monoisotopic (exact) mass is 245 g/mol. The lowest BCUT2D eigenvalue weighted by atomic mass is 10.1. The van der Waals surface area contributed by atoms with Crippen molar-refractivity contribution in [3.05, 3.63) is 46.8 Å². The summed E-state index contributed by atoms with van der Waals surface area (Å²) < 4.78 is 0. The van der Waals surface area contributed by atoms with E-state index in [-0.39, 0.29) is 0 Å². The van der Waals surface area contributed by atoms with E-state index in [1.54, 1.807) is 0 Å². The van der Waals surface area contributed by atoms with Gasteiger partial charge in [0.15, 0.2) is 0 Å². The number of rotatable bonds is 4. The summed E-state index contributed by atoms with van der Waals surface area (Å²) in [6.07, 6.45) is 0. The van der Waals surface area contributed by atoms with Gasteiger partial charge in [0.05, 0.1) is 0 Å². The molecule has 0 aliphatic rings. The highest BCUT2D eigenvalue weighted by molar-refractivity contribution is 7.15. The molecule has 0 spiro atoms. The molecule has 1 heterocycles. The van der Waals surface area contributed by atoms with Crippen LogP contribution in [0.1, 0.15) is 30.3 Å². The van der Waals surface area contributed by atoms with Crippen molar-refractivity contribution in [2.75, 3.05) is 6.54 Å². The van der Waals surface area contributed by atoms with Crippen LogP contribution in [0.2, 0.25) is 0 Å². The third-order valence-electron chi connectivity index (χ3n) is 2.90. The first-order chi connectivity index (χ1) is 8.20. The Morgan fingerprint density at radius 1 is 1.12 bits per heavy atom. The summed E-state index contributed by atoms with van der Waals surface area (Å²) in [5, 5.41) is 3.45. The molecule has 0 amide bonds. The van der Waals surface area contributed by atoms with Crippen molar-refractivity contribution in [2.45, 2.75) is 26.8 Å². The lowest BCUT2D eigenvalue weighted by molar-refractivity contribution is 0.607. The van der Waals surface area contributed by atoms with Crippen molar-refractivity contribution < 1.29 is 0 Å². The molecule has 1 nitrogen and oxygen atoms in total. The minimum absolute atomic E-state index is 0.448. The fraction of sp³-hybridized carbons (Fsp3) is 0.333. The largest absolute Gasteiger partial charge is 0.310 e. The molecule has 0 radical (unpaired) electrons. The quantitative estimate of drug-likeness (QED) is 0.842. The van der Waals surface area contributed by atoms with Crippen LogP contribution in [0.3, 0.4) is 0 Å². The number of nitrogens with one attached hydrogen (secondary N) is 1. The Hall–Kier alpha value is -1.12. The molecule has 1 aromatic carbocycles. The van der Waals surface area contributed by atoms with Gasteiger partial charge in [-0.2, -0.15) is 0 Å². The van der Waals surface area contributed by atoms with Crippen molar-refractivity contribution in [2.24, 2.45) is 0 Å². The lowest BCUT2D eigenvalue weighted by Gasteiger charge is -2.09. The SMILES string of the molecule is CCNC(C)c1ccc(-c2ccc(C)cc2)s1. The van der Waals surface area contributed by atoms with Gasteiger partial charge in [-0.3, -0.25) is 0 Å². The van der Waals surface area contributed by atoms with E-state index in [1.807, 2.05) is 11.3 Å². The molecule has 0 bridgehead atoms. The van der Waals surface area contributed by atoms with Gasteiger partial charge in [-0.25, -0.2) is 0 Å².